The number of ether oxygens (including phenoxy) is 2. The lowest BCUT2D eigenvalue weighted by Gasteiger charge is -2.23. The number of methoxy groups -OCH3 is 1. The topological polar surface area (TPSA) is 162 Å². The van der Waals surface area contributed by atoms with Gasteiger partial charge in [-0.15, -0.1) is 0 Å². The molecule has 0 aliphatic carbocycles. The van der Waals surface area contributed by atoms with Crippen LogP contribution in [0.1, 0.15) is 46.8 Å². The predicted octanol–water partition coefficient (Wildman–Crippen LogP) is 4.43. The van der Waals surface area contributed by atoms with Crippen LogP contribution in [0.4, 0.5) is 4.79 Å². The van der Waals surface area contributed by atoms with E-state index in [1.807, 2.05) is 12.1 Å². The van der Waals surface area contributed by atoms with Crippen LogP contribution < -0.4 is 10.6 Å². The Hall–Kier alpha value is -2.87. The van der Waals surface area contributed by atoms with Crippen molar-refractivity contribution in [3.63, 3.8) is 0 Å². The molecule has 1 heterocycles. The van der Waals surface area contributed by atoms with E-state index >= 15 is 0 Å². The van der Waals surface area contributed by atoms with Crippen LogP contribution >= 0.6 is 23.2 Å². The summed E-state index contributed by atoms with van der Waals surface area (Å²) in [6, 6.07) is 12.8. The maximum atomic E-state index is 12.2. The molecule has 2 aromatic rings. The Morgan fingerprint density at radius 3 is 1.98 bits per heavy atom. The number of rotatable bonds is 9. The summed E-state index contributed by atoms with van der Waals surface area (Å²) in [5.41, 5.74) is 1.01. The number of sulfone groups is 2. The Labute approximate surface area is 277 Å². The molecule has 0 aromatic heterocycles. The van der Waals surface area contributed by atoms with Crippen molar-refractivity contribution < 1.29 is 40.7 Å². The van der Waals surface area contributed by atoms with Crippen molar-refractivity contribution in [2.24, 2.45) is 0 Å². The van der Waals surface area contributed by atoms with Gasteiger partial charge in [-0.25, -0.2) is 21.6 Å². The summed E-state index contributed by atoms with van der Waals surface area (Å²) in [4.78, 5) is 34.5. The van der Waals surface area contributed by atoms with Gasteiger partial charge in [0.25, 0.3) is 0 Å². The highest BCUT2D eigenvalue weighted by atomic mass is 35.5. The molecule has 2 amide bonds. The minimum Gasteiger partial charge on any atom is -0.468 e. The highest BCUT2D eigenvalue weighted by molar-refractivity contribution is 7.92. The summed E-state index contributed by atoms with van der Waals surface area (Å²) >= 11 is 11.6. The molecular weight excluding hydrogens is 667 g/mol. The van der Waals surface area contributed by atoms with Gasteiger partial charge in [0.15, 0.2) is 19.7 Å². The summed E-state index contributed by atoms with van der Waals surface area (Å²) in [5, 5.41) is 6.42. The fourth-order valence-corrected chi connectivity index (χ4v) is 7.10. The van der Waals surface area contributed by atoms with Crippen molar-refractivity contribution in [3.05, 3.63) is 69.7 Å². The van der Waals surface area contributed by atoms with Crippen LogP contribution in [0.2, 0.25) is 10.0 Å². The van der Waals surface area contributed by atoms with Crippen LogP contribution in [-0.4, -0.2) is 82.6 Å². The smallest absolute Gasteiger partial charge is 0.407 e. The Kier molecular flexibility index (Phi) is 17.2. The summed E-state index contributed by atoms with van der Waals surface area (Å²) < 4.78 is 56.9. The van der Waals surface area contributed by atoms with Gasteiger partial charge in [0, 0.05) is 16.1 Å². The minimum absolute atomic E-state index is 0. The van der Waals surface area contributed by atoms with E-state index in [9.17, 15) is 31.2 Å². The molecule has 2 atom stereocenters. The summed E-state index contributed by atoms with van der Waals surface area (Å²) in [6.45, 7) is 5.11. The van der Waals surface area contributed by atoms with Gasteiger partial charge in [0.05, 0.1) is 24.7 Å². The van der Waals surface area contributed by atoms with E-state index in [1.54, 1.807) is 57.2 Å². The van der Waals surface area contributed by atoms with E-state index in [0.717, 1.165) is 18.2 Å². The number of carbonyl (C=O) groups is 3. The van der Waals surface area contributed by atoms with Gasteiger partial charge >= 0.3 is 12.1 Å². The zero-order chi connectivity index (χ0) is 32.4. The third kappa shape index (κ3) is 17.4. The minimum atomic E-state index is -3.78. The summed E-state index contributed by atoms with van der Waals surface area (Å²) in [7, 11) is -5.91. The number of halogens is 2. The fourth-order valence-electron chi connectivity index (χ4n) is 4.03. The molecule has 1 aliphatic heterocycles. The maximum absolute atomic E-state index is 12.2. The molecule has 0 saturated carbocycles. The predicted molar refractivity (Wildman–Crippen MR) is 178 cm³/mol. The first-order chi connectivity index (χ1) is 19.8. The van der Waals surface area contributed by atoms with E-state index in [2.05, 4.69) is 15.4 Å². The first-order valence-corrected chi connectivity index (χ1v) is 17.5. The molecule has 0 spiro atoms. The lowest BCUT2D eigenvalue weighted by atomic mass is 10.1. The third-order valence-electron chi connectivity index (χ3n) is 5.70. The van der Waals surface area contributed by atoms with Crippen molar-refractivity contribution in [3.8, 4) is 0 Å². The Balaban J connectivity index is 0.000000885. The zero-order valence-electron chi connectivity index (χ0n) is 24.3. The summed E-state index contributed by atoms with van der Waals surface area (Å²) in [5.74, 6) is -2.85. The highest BCUT2D eigenvalue weighted by Gasteiger charge is 2.30. The number of nitrogens with one attached hydrogen (secondary N) is 2. The molecule has 1 aliphatic rings. The van der Waals surface area contributed by atoms with E-state index < -0.39 is 66.5 Å². The molecule has 2 N–H and O–H groups in total. The molecular formula is C30H44Cl2N2O9S2. The number of hydrogen-bond donors (Lipinski definition) is 2. The standard InChI is InChI=1S/C17H24ClNO6S.C11H12ClNO3S.2CH4/c1-17(2,3)25-16(21)19-14(9-12-5-7-13(18)8-6-12)10-26(22,23)11-15(20)24-4;12-9-3-1-8(2-4-9)5-10-6-17(15,16)7-11(14)13-10;;/h5-8,14H,9-11H2,1-4H3,(H,19,21);1-4,10H,5-7H2,(H,13,14);2*1H4. The monoisotopic (exact) mass is 710 g/mol. The van der Waals surface area contributed by atoms with Crippen LogP contribution in [-0.2, 0) is 51.6 Å². The van der Waals surface area contributed by atoms with E-state index in [-0.39, 0.29) is 33.1 Å². The van der Waals surface area contributed by atoms with Gasteiger partial charge in [0.2, 0.25) is 5.91 Å². The highest BCUT2D eigenvalue weighted by Crippen LogP contribution is 2.15. The number of esters is 1. The second-order valence-corrected chi connectivity index (χ2v) is 16.0. The lowest BCUT2D eigenvalue weighted by molar-refractivity contribution is -0.137. The van der Waals surface area contributed by atoms with Gasteiger partial charge in [0.1, 0.15) is 17.1 Å². The first-order valence-electron chi connectivity index (χ1n) is 13.1. The molecule has 0 bridgehead atoms. The van der Waals surface area contributed by atoms with Crippen LogP contribution in [0.15, 0.2) is 48.5 Å². The number of benzene rings is 2. The molecule has 45 heavy (non-hydrogen) atoms. The molecule has 3 rings (SSSR count). The van der Waals surface area contributed by atoms with E-state index in [0.29, 0.717) is 16.5 Å². The zero-order valence-corrected chi connectivity index (χ0v) is 27.4. The van der Waals surface area contributed by atoms with Crippen molar-refractivity contribution in [2.45, 2.75) is 66.2 Å². The molecule has 2 aromatic carbocycles. The van der Waals surface area contributed by atoms with Crippen molar-refractivity contribution in [2.75, 3.05) is 30.1 Å². The lowest BCUT2D eigenvalue weighted by Crippen LogP contribution is -2.49. The largest absolute Gasteiger partial charge is 0.468 e. The number of hydrogen-bond acceptors (Lipinski definition) is 9. The third-order valence-corrected chi connectivity index (χ3v) is 9.41. The Morgan fingerprint density at radius 2 is 1.51 bits per heavy atom. The maximum Gasteiger partial charge on any atom is 0.407 e. The summed E-state index contributed by atoms with van der Waals surface area (Å²) in [6.07, 6.45) is 0.00334. The van der Waals surface area contributed by atoms with E-state index in [1.165, 1.54) is 0 Å². The SMILES string of the molecule is C.C.COC(=O)CS(=O)(=O)CC(Cc1ccc(Cl)cc1)NC(=O)OC(C)(C)C.O=C1CS(=O)(=O)CC(Cc2ccc(Cl)cc2)N1. The van der Waals surface area contributed by atoms with Crippen LogP contribution in [0.3, 0.4) is 0 Å². The van der Waals surface area contributed by atoms with Gasteiger partial charge in [-0.3, -0.25) is 9.59 Å². The Bertz CT molecular complexity index is 1470. The van der Waals surface area contributed by atoms with Gasteiger partial charge in [-0.1, -0.05) is 62.3 Å². The van der Waals surface area contributed by atoms with Gasteiger partial charge < -0.3 is 20.1 Å². The molecule has 15 heteroatoms. The molecule has 2 unspecified atom stereocenters. The molecule has 11 nitrogen and oxygen atoms in total. The average Bonchev–Trinajstić information content (AvgIpc) is 2.84. The second-order valence-electron chi connectivity index (χ2n) is 11.0. The van der Waals surface area contributed by atoms with Crippen molar-refractivity contribution in [1.29, 1.82) is 0 Å². The second kappa shape index (κ2) is 18.3. The van der Waals surface area contributed by atoms with E-state index in [4.69, 9.17) is 27.9 Å². The van der Waals surface area contributed by atoms with Crippen LogP contribution in [0.5, 0.6) is 0 Å². The van der Waals surface area contributed by atoms with Crippen molar-refractivity contribution >= 4 is 60.8 Å². The van der Waals surface area contributed by atoms with Gasteiger partial charge in [-0.05, 0) is 69.0 Å². The molecule has 0 radical (unpaired) electrons. The first kappa shape index (κ1) is 42.1. The van der Waals surface area contributed by atoms with Crippen LogP contribution in [0.25, 0.3) is 0 Å². The average molecular weight is 712 g/mol. The Morgan fingerprint density at radius 1 is 1.00 bits per heavy atom. The molecule has 1 saturated heterocycles. The van der Waals surface area contributed by atoms with Gasteiger partial charge in [-0.2, -0.15) is 0 Å². The molecule has 1 fully saturated rings. The number of alkyl carbamates (subject to hydrolysis) is 1. The number of carbonyl (C=O) groups excluding carboxylic acids is 3. The van der Waals surface area contributed by atoms with Crippen LogP contribution in [0, 0.1) is 0 Å². The normalized spacial score (nSPS) is 16.2. The molecule has 254 valence electrons. The number of amides is 2. The quantitative estimate of drug-likeness (QED) is 0.359. The van der Waals surface area contributed by atoms with Crippen molar-refractivity contribution in [1.82, 2.24) is 10.6 Å². The fraction of sp³-hybridized carbons (Fsp3) is 0.500.